The molecule has 65 heavy (non-hydrogen) atoms. The van der Waals surface area contributed by atoms with Gasteiger partial charge in [-0.25, -0.2) is 0 Å². The minimum Gasteiger partial charge on any atom is -0.310 e. The molecule has 1 heteroatoms. The minimum absolute atomic E-state index is 0.199. The molecule has 15 rings (SSSR count). The van der Waals surface area contributed by atoms with Crippen LogP contribution < -0.4 is 4.90 Å². The molecule has 0 radical (unpaired) electrons. The molecule has 0 heterocycles. The van der Waals surface area contributed by atoms with Gasteiger partial charge >= 0.3 is 0 Å². The van der Waals surface area contributed by atoms with Gasteiger partial charge in [0.1, 0.15) is 0 Å². The molecular formula is C64H55N. The van der Waals surface area contributed by atoms with E-state index >= 15 is 0 Å². The van der Waals surface area contributed by atoms with Crippen molar-refractivity contribution in [3.05, 3.63) is 220 Å². The number of anilines is 3. The zero-order valence-electron chi connectivity index (χ0n) is 38.1. The van der Waals surface area contributed by atoms with Crippen molar-refractivity contribution in [3.63, 3.8) is 0 Å². The molecule has 0 aliphatic heterocycles. The molecule has 7 aliphatic rings. The van der Waals surface area contributed by atoms with Crippen molar-refractivity contribution in [1.82, 2.24) is 0 Å². The first-order valence-electron chi connectivity index (χ1n) is 24.4. The predicted octanol–water partition coefficient (Wildman–Crippen LogP) is 16.6. The number of hydrogen-bond acceptors (Lipinski definition) is 1. The van der Waals surface area contributed by atoms with Crippen LogP contribution in [0.4, 0.5) is 17.1 Å². The Morgan fingerprint density at radius 2 is 0.938 bits per heavy atom. The SMILES string of the molecule is Cc1ccc2c(c1)C1(c3ccccc3-c3cc(N(c4ccccc4-c4ccc(C56CC7CC(CC(C7)C5)C6)cc4)c4cccc5c4C(C)(C)c4ccccc4-5)ccc31)c1cc(C)ccc1-2. The first kappa shape index (κ1) is 37.9. The first-order valence-corrected chi connectivity index (χ1v) is 24.4. The second-order valence-electron chi connectivity index (χ2n) is 21.6. The van der Waals surface area contributed by atoms with E-state index in [2.05, 4.69) is 202 Å². The van der Waals surface area contributed by atoms with E-state index in [4.69, 9.17) is 0 Å². The van der Waals surface area contributed by atoms with Gasteiger partial charge in [0.2, 0.25) is 0 Å². The van der Waals surface area contributed by atoms with Crippen molar-refractivity contribution in [1.29, 1.82) is 0 Å². The first-order chi connectivity index (χ1) is 31.7. The van der Waals surface area contributed by atoms with Crippen LogP contribution >= 0.6 is 0 Å². The second-order valence-corrected chi connectivity index (χ2v) is 21.6. The molecule has 0 unspecified atom stereocenters. The normalized spacial score (nSPS) is 22.6. The van der Waals surface area contributed by atoms with Gasteiger partial charge in [-0.15, -0.1) is 0 Å². The van der Waals surface area contributed by atoms with Crippen LogP contribution in [0.3, 0.4) is 0 Å². The molecule has 8 aromatic rings. The lowest BCUT2D eigenvalue weighted by molar-refractivity contribution is -0.00518. The number of nitrogens with zero attached hydrogens (tertiary/aromatic N) is 1. The number of hydrogen-bond donors (Lipinski definition) is 0. The fourth-order valence-corrected chi connectivity index (χ4v) is 15.3. The van der Waals surface area contributed by atoms with E-state index in [-0.39, 0.29) is 5.41 Å². The monoisotopic (exact) mass is 837 g/mol. The Morgan fingerprint density at radius 3 is 1.60 bits per heavy atom. The zero-order valence-corrected chi connectivity index (χ0v) is 38.1. The molecule has 4 saturated carbocycles. The number of benzene rings is 8. The van der Waals surface area contributed by atoms with E-state index in [0.29, 0.717) is 5.41 Å². The largest absolute Gasteiger partial charge is 0.310 e. The molecule has 1 spiro atoms. The van der Waals surface area contributed by atoms with Gasteiger partial charge in [0, 0.05) is 16.7 Å². The molecular weight excluding hydrogens is 783 g/mol. The van der Waals surface area contributed by atoms with Crippen LogP contribution in [-0.2, 0) is 16.2 Å². The summed E-state index contributed by atoms with van der Waals surface area (Å²) in [6, 6.07) is 66.3. The second kappa shape index (κ2) is 13.3. The van der Waals surface area contributed by atoms with Crippen molar-refractivity contribution < 1.29 is 0 Å². The topological polar surface area (TPSA) is 3.24 Å². The highest BCUT2D eigenvalue weighted by Gasteiger charge is 2.53. The highest BCUT2D eigenvalue weighted by Crippen LogP contribution is 2.65. The molecule has 4 bridgehead atoms. The highest BCUT2D eigenvalue weighted by atomic mass is 15.1. The van der Waals surface area contributed by atoms with E-state index in [1.54, 1.807) is 5.56 Å². The third kappa shape index (κ3) is 5.11. The fourth-order valence-electron chi connectivity index (χ4n) is 15.3. The van der Waals surface area contributed by atoms with Crippen molar-refractivity contribution >= 4 is 17.1 Å². The van der Waals surface area contributed by atoms with Crippen LogP contribution in [0.1, 0.15) is 102 Å². The van der Waals surface area contributed by atoms with Crippen molar-refractivity contribution in [3.8, 4) is 44.5 Å². The lowest BCUT2D eigenvalue weighted by Gasteiger charge is -2.57. The Morgan fingerprint density at radius 1 is 0.415 bits per heavy atom. The van der Waals surface area contributed by atoms with Gasteiger partial charge in [-0.2, -0.15) is 0 Å². The molecule has 1 nitrogen and oxygen atoms in total. The average molecular weight is 838 g/mol. The van der Waals surface area contributed by atoms with Gasteiger partial charge < -0.3 is 4.90 Å². The number of fused-ring (bicyclic) bond motifs is 13. The number of aryl methyl sites for hydroxylation is 2. The van der Waals surface area contributed by atoms with Crippen LogP contribution in [0.2, 0.25) is 0 Å². The molecule has 0 amide bonds. The third-order valence-corrected chi connectivity index (χ3v) is 17.5. The molecule has 0 N–H and O–H groups in total. The fraction of sp³-hybridized carbons (Fsp3) is 0.250. The maximum Gasteiger partial charge on any atom is 0.0725 e. The highest BCUT2D eigenvalue weighted by molar-refractivity contribution is 5.99. The quantitative estimate of drug-likeness (QED) is 0.167. The smallest absolute Gasteiger partial charge is 0.0725 e. The summed E-state index contributed by atoms with van der Waals surface area (Å²) in [6.45, 7) is 9.35. The van der Waals surface area contributed by atoms with E-state index in [0.717, 1.165) is 17.8 Å². The molecule has 316 valence electrons. The van der Waals surface area contributed by atoms with E-state index < -0.39 is 5.41 Å². The maximum absolute atomic E-state index is 2.62. The lowest BCUT2D eigenvalue weighted by Crippen LogP contribution is -2.48. The van der Waals surface area contributed by atoms with Gasteiger partial charge in [0.25, 0.3) is 0 Å². The summed E-state index contributed by atoms with van der Waals surface area (Å²) >= 11 is 0. The standard InChI is InChI=1S/C64H55N/c1-39-20-27-50-51-28-21-40(2)31-58(51)64(57(50)30-39)55-17-9-6-14-49(55)53-35-46(26-29-56(53)64)65(60-19-11-15-52-48-13-5-8-16-54(48)62(3,4)61(52)60)59-18-10-7-12-47(59)44-22-24-45(25-23-44)63-36-41-32-42(37-63)34-43(33-41)38-63/h5-31,35,41-43H,32-34,36-38H2,1-4H3. The number of para-hydroxylation sites is 1. The third-order valence-electron chi connectivity index (χ3n) is 17.5. The Bertz CT molecular complexity index is 3220. The molecule has 4 fully saturated rings. The Labute approximate surface area is 384 Å². The summed E-state index contributed by atoms with van der Waals surface area (Å²) in [5, 5.41) is 0. The van der Waals surface area contributed by atoms with Gasteiger partial charge in [0.15, 0.2) is 0 Å². The molecule has 0 aromatic heterocycles. The van der Waals surface area contributed by atoms with Crippen molar-refractivity contribution in [2.45, 2.75) is 82.5 Å². The molecule has 0 saturated heterocycles. The van der Waals surface area contributed by atoms with E-state index in [1.807, 2.05) is 0 Å². The lowest BCUT2D eigenvalue weighted by atomic mass is 9.48. The summed E-state index contributed by atoms with van der Waals surface area (Å²) in [4.78, 5) is 2.62. The Balaban J connectivity index is 0.986. The maximum atomic E-state index is 2.62. The van der Waals surface area contributed by atoms with E-state index in [9.17, 15) is 0 Å². The summed E-state index contributed by atoms with van der Waals surface area (Å²) < 4.78 is 0. The van der Waals surface area contributed by atoms with Gasteiger partial charge in [-0.05, 0) is 178 Å². The summed E-state index contributed by atoms with van der Waals surface area (Å²) in [7, 11) is 0. The van der Waals surface area contributed by atoms with Gasteiger partial charge in [0.05, 0.1) is 16.8 Å². The molecule has 8 aromatic carbocycles. The van der Waals surface area contributed by atoms with Crippen LogP contribution in [0.15, 0.2) is 170 Å². The average Bonchev–Trinajstić information content (AvgIpc) is 3.86. The van der Waals surface area contributed by atoms with E-state index in [1.165, 1.54) is 145 Å². The van der Waals surface area contributed by atoms with Gasteiger partial charge in [-0.1, -0.05) is 171 Å². The molecule has 0 atom stereocenters. The Kier molecular flexibility index (Phi) is 7.77. The summed E-state index contributed by atoms with van der Waals surface area (Å²) in [5.41, 5.74) is 26.5. The minimum atomic E-state index is -0.397. The van der Waals surface area contributed by atoms with Crippen LogP contribution in [-0.4, -0.2) is 0 Å². The Hall–Kier alpha value is -6.44. The summed E-state index contributed by atoms with van der Waals surface area (Å²) in [5.74, 6) is 2.79. The summed E-state index contributed by atoms with van der Waals surface area (Å²) in [6.07, 6.45) is 8.58. The zero-order chi connectivity index (χ0) is 43.4. The van der Waals surface area contributed by atoms with Crippen LogP contribution in [0, 0.1) is 31.6 Å². The predicted molar refractivity (Wildman–Crippen MR) is 270 cm³/mol. The van der Waals surface area contributed by atoms with Crippen LogP contribution in [0.5, 0.6) is 0 Å². The number of rotatable bonds is 5. The van der Waals surface area contributed by atoms with Crippen molar-refractivity contribution in [2.75, 3.05) is 4.90 Å². The van der Waals surface area contributed by atoms with Gasteiger partial charge in [-0.3, -0.25) is 0 Å². The van der Waals surface area contributed by atoms with Crippen molar-refractivity contribution in [2.24, 2.45) is 17.8 Å². The van der Waals surface area contributed by atoms with Crippen LogP contribution in [0.25, 0.3) is 44.5 Å². The molecule has 7 aliphatic carbocycles.